The molecule has 2 aromatic rings. The second-order valence-corrected chi connectivity index (χ2v) is 12.3. The SMILES string of the molecule is Cc1ccc(C[C@@H]2CN(CCOCCN3CCOCC3(C)C)CCN2C(=O)c2cc(C(F)(F)F)cc(C(F)(F)F)c2)cc1C. The lowest BCUT2D eigenvalue weighted by Crippen LogP contribution is -2.56. The molecule has 0 unspecified atom stereocenters. The maximum Gasteiger partial charge on any atom is 0.416 e. The monoisotopic (exact) mass is 629 g/mol. The van der Waals surface area contributed by atoms with Crippen LogP contribution < -0.4 is 0 Å². The minimum absolute atomic E-state index is 0.0430. The van der Waals surface area contributed by atoms with Crippen LogP contribution in [0, 0.1) is 13.8 Å². The van der Waals surface area contributed by atoms with E-state index < -0.39 is 41.0 Å². The van der Waals surface area contributed by atoms with Crippen molar-refractivity contribution in [3.8, 4) is 0 Å². The van der Waals surface area contributed by atoms with Crippen molar-refractivity contribution < 1.29 is 40.6 Å². The molecule has 12 heteroatoms. The number of carbonyl (C=O) groups is 1. The second-order valence-electron chi connectivity index (χ2n) is 12.3. The topological polar surface area (TPSA) is 45.2 Å². The molecule has 0 radical (unpaired) electrons. The van der Waals surface area contributed by atoms with E-state index in [1.807, 2.05) is 32.0 Å². The molecule has 2 aliphatic heterocycles. The summed E-state index contributed by atoms with van der Waals surface area (Å²) in [6, 6.07) is 6.51. The van der Waals surface area contributed by atoms with Crippen LogP contribution in [-0.2, 0) is 28.2 Å². The minimum Gasteiger partial charge on any atom is -0.379 e. The van der Waals surface area contributed by atoms with Crippen molar-refractivity contribution in [2.45, 2.75) is 58.0 Å². The van der Waals surface area contributed by atoms with Gasteiger partial charge >= 0.3 is 12.4 Å². The summed E-state index contributed by atoms with van der Waals surface area (Å²) in [7, 11) is 0. The third-order valence-corrected chi connectivity index (χ3v) is 8.58. The molecule has 2 saturated heterocycles. The molecule has 2 aliphatic rings. The van der Waals surface area contributed by atoms with Crippen molar-refractivity contribution in [1.29, 1.82) is 0 Å². The summed E-state index contributed by atoms with van der Waals surface area (Å²) in [6.07, 6.45) is -9.67. The standard InChI is InChI=1S/C32H41F6N3O3/c1-22-5-6-24(15-23(22)2)16-28-20-39(9-12-43-13-10-40-11-14-44-21-30(40,3)4)7-8-41(28)29(42)25-17-26(31(33,34)35)19-27(18-25)32(36,37)38/h5-6,15,17-19,28H,7-14,16,20-21H2,1-4H3/t28-/m1/s1. The zero-order chi connectivity index (χ0) is 32.3. The lowest BCUT2D eigenvalue weighted by Gasteiger charge is -2.42. The van der Waals surface area contributed by atoms with Gasteiger partial charge in [-0.1, -0.05) is 18.2 Å². The number of alkyl halides is 6. The van der Waals surface area contributed by atoms with E-state index in [1.165, 1.54) is 4.90 Å². The summed E-state index contributed by atoms with van der Waals surface area (Å²) in [4.78, 5) is 19.5. The van der Waals surface area contributed by atoms with Gasteiger partial charge in [-0.05, 0) is 69.0 Å². The van der Waals surface area contributed by atoms with Gasteiger partial charge in [0.05, 0.1) is 37.6 Å². The number of piperazine rings is 1. The van der Waals surface area contributed by atoms with Crippen LogP contribution in [0.25, 0.3) is 0 Å². The van der Waals surface area contributed by atoms with Gasteiger partial charge in [0.2, 0.25) is 0 Å². The first-order valence-electron chi connectivity index (χ1n) is 14.8. The Morgan fingerprint density at radius 3 is 2.18 bits per heavy atom. The van der Waals surface area contributed by atoms with E-state index in [-0.39, 0.29) is 18.2 Å². The molecule has 2 fully saturated rings. The Hall–Kier alpha value is -2.67. The van der Waals surface area contributed by atoms with Crippen molar-refractivity contribution in [3.63, 3.8) is 0 Å². The molecule has 0 aliphatic carbocycles. The van der Waals surface area contributed by atoms with E-state index >= 15 is 0 Å². The molecule has 0 spiro atoms. The summed E-state index contributed by atoms with van der Waals surface area (Å²) in [5.41, 5.74) is -0.616. The van der Waals surface area contributed by atoms with Crippen LogP contribution in [0.3, 0.4) is 0 Å². The number of rotatable bonds is 9. The number of halogens is 6. The molecule has 44 heavy (non-hydrogen) atoms. The highest BCUT2D eigenvalue weighted by atomic mass is 19.4. The maximum atomic E-state index is 13.6. The number of nitrogens with zero attached hydrogens (tertiary/aromatic N) is 3. The van der Waals surface area contributed by atoms with E-state index in [4.69, 9.17) is 9.47 Å². The zero-order valence-electron chi connectivity index (χ0n) is 25.7. The third-order valence-electron chi connectivity index (χ3n) is 8.58. The smallest absolute Gasteiger partial charge is 0.379 e. The van der Waals surface area contributed by atoms with Gasteiger partial charge in [0.1, 0.15) is 0 Å². The molecule has 2 heterocycles. The predicted molar refractivity (Wildman–Crippen MR) is 155 cm³/mol. The normalized spacial score (nSPS) is 20.2. The predicted octanol–water partition coefficient (Wildman–Crippen LogP) is 5.84. The van der Waals surface area contributed by atoms with Crippen molar-refractivity contribution in [2.75, 3.05) is 65.7 Å². The van der Waals surface area contributed by atoms with E-state index in [0.29, 0.717) is 64.6 Å². The van der Waals surface area contributed by atoms with Gasteiger partial charge in [0.25, 0.3) is 5.91 Å². The number of ether oxygens (including phenoxy) is 2. The van der Waals surface area contributed by atoms with Crippen molar-refractivity contribution in [3.05, 3.63) is 69.8 Å². The summed E-state index contributed by atoms with van der Waals surface area (Å²) < 4.78 is 92.6. The molecule has 1 atom stereocenters. The van der Waals surface area contributed by atoms with Gasteiger partial charge in [0.15, 0.2) is 0 Å². The van der Waals surface area contributed by atoms with Gasteiger partial charge in [0, 0.05) is 56.4 Å². The Balaban J connectivity index is 1.47. The zero-order valence-corrected chi connectivity index (χ0v) is 25.7. The van der Waals surface area contributed by atoms with E-state index in [0.717, 1.165) is 29.8 Å². The van der Waals surface area contributed by atoms with Crippen LogP contribution in [0.4, 0.5) is 26.3 Å². The van der Waals surface area contributed by atoms with Gasteiger partial charge in [-0.2, -0.15) is 26.3 Å². The molecule has 0 bridgehead atoms. The van der Waals surface area contributed by atoms with Gasteiger partial charge in [-0.3, -0.25) is 14.6 Å². The molecular weight excluding hydrogens is 588 g/mol. The van der Waals surface area contributed by atoms with Crippen LogP contribution >= 0.6 is 0 Å². The number of hydrogen-bond donors (Lipinski definition) is 0. The Morgan fingerprint density at radius 1 is 0.909 bits per heavy atom. The Bertz CT molecular complexity index is 1260. The fourth-order valence-corrected chi connectivity index (χ4v) is 5.79. The maximum absolute atomic E-state index is 13.6. The highest BCUT2D eigenvalue weighted by Crippen LogP contribution is 2.37. The van der Waals surface area contributed by atoms with Crippen molar-refractivity contribution in [1.82, 2.24) is 14.7 Å². The molecule has 4 rings (SSSR count). The van der Waals surface area contributed by atoms with Crippen LogP contribution in [0.15, 0.2) is 36.4 Å². The molecule has 0 saturated carbocycles. The Morgan fingerprint density at radius 2 is 1.57 bits per heavy atom. The van der Waals surface area contributed by atoms with Crippen molar-refractivity contribution >= 4 is 5.91 Å². The molecule has 0 aromatic heterocycles. The van der Waals surface area contributed by atoms with Crippen LogP contribution in [0.5, 0.6) is 0 Å². The average Bonchev–Trinajstić information content (AvgIpc) is 2.94. The summed E-state index contributed by atoms with van der Waals surface area (Å²) in [5.74, 6) is -0.848. The van der Waals surface area contributed by atoms with E-state index in [9.17, 15) is 31.1 Å². The highest BCUT2D eigenvalue weighted by molar-refractivity contribution is 5.95. The molecule has 2 aromatic carbocycles. The van der Waals surface area contributed by atoms with Gasteiger partial charge < -0.3 is 14.4 Å². The molecule has 6 nitrogen and oxygen atoms in total. The number of amides is 1. The first-order chi connectivity index (χ1) is 20.5. The third kappa shape index (κ3) is 8.74. The Labute approximate surface area is 254 Å². The van der Waals surface area contributed by atoms with Crippen LogP contribution in [0.1, 0.15) is 52.0 Å². The first kappa shape index (κ1) is 34.2. The second kappa shape index (κ2) is 13.8. The number of hydrogen-bond acceptors (Lipinski definition) is 5. The summed E-state index contributed by atoms with van der Waals surface area (Å²) >= 11 is 0. The average molecular weight is 630 g/mol. The minimum atomic E-state index is -5.04. The summed E-state index contributed by atoms with van der Waals surface area (Å²) in [5, 5.41) is 0. The summed E-state index contributed by atoms with van der Waals surface area (Å²) in [6.45, 7) is 13.7. The van der Waals surface area contributed by atoms with Crippen LogP contribution in [0.2, 0.25) is 0 Å². The molecule has 1 amide bonds. The first-order valence-corrected chi connectivity index (χ1v) is 14.8. The quantitative estimate of drug-likeness (QED) is 0.258. The van der Waals surface area contributed by atoms with Gasteiger partial charge in [-0.25, -0.2) is 0 Å². The molecular formula is C32H41F6N3O3. The lowest BCUT2D eigenvalue weighted by molar-refractivity contribution is -0.143. The molecule has 244 valence electrons. The fraction of sp³-hybridized carbons (Fsp3) is 0.594. The highest BCUT2D eigenvalue weighted by Gasteiger charge is 2.39. The fourth-order valence-electron chi connectivity index (χ4n) is 5.79. The Kier molecular flexibility index (Phi) is 10.7. The van der Waals surface area contributed by atoms with E-state index in [2.05, 4.69) is 23.6 Å². The number of carbonyl (C=O) groups excluding carboxylic acids is 1. The van der Waals surface area contributed by atoms with E-state index in [1.54, 1.807) is 0 Å². The van der Waals surface area contributed by atoms with Gasteiger partial charge in [-0.15, -0.1) is 0 Å². The number of morpholine rings is 1. The van der Waals surface area contributed by atoms with Crippen LogP contribution in [-0.4, -0.2) is 97.9 Å². The lowest BCUT2D eigenvalue weighted by atomic mass is 9.97. The largest absolute Gasteiger partial charge is 0.416 e. The van der Waals surface area contributed by atoms with Crippen molar-refractivity contribution in [2.24, 2.45) is 0 Å². The number of benzene rings is 2. The molecule has 0 N–H and O–H groups in total. The number of aryl methyl sites for hydroxylation is 2.